The predicted octanol–water partition coefficient (Wildman–Crippen LogP) is 6.79. The van der Waals surface area contributed by atoms with Gasteiger partial charge in [0.1, 0.15) is 16.8 Å². The van der Waals surface area contributed by atoms with Gasteiger partial charge in [-0.05, 0) is 48.0 Å². The molecule has 0 saturated carbocycles. The minimum atomic E-state index is -0.474. The molecule has 0 bridgehead atoms. The molecule has 0 spiro atoms. The molecule has 3 aromatic carbocycles. The molecule has 0 aliphatic carbocycles. The van der Waals surface area contributed by atoms with E-state index in [1.54, 1.807) is 30.3 Å². The molecule has 38 heavy (non-hydrogen) atoms. The Labute approximate surface area is 234 Å². The van der Waals surface area contributed by atoms with Gasteiger partial charge >= 0.3 is 0 Å². The lowest BCUT2D eigenvalue weighted by atomic mass is 10.1. The van der Waals surface area contributed by atoms with Gasteiger partial charge in [-0.2, -0.15) is 0 Å². The number of nitrogens with zero attached hydrogens (tertiary/aromatic N) is 4. The maximum atomic E-state index is 13.8. The molecule has 4 aromatic rings. The van der Waals surface area contributed by atoms with Gasteiger partial charge in [-0.3, -0.25) is 4.79 Å². The van der Waals surface area contributed by atoms with Crippen LogP contribution in [0.1, 0.15) is 15.9 Å². The van der Waals surface area contributed by atoms with Crippen molar-refractivity contribution in [3.8, 4) is 0 Å². The van der Waals surface area contributed by atoms with Crippen molar-refractivity contribution in [3.05, 3.63) is 106 Å². The summed E-state index contributed by atoms with van der Waals surface area (Å²) in [6.07, 6.45) is 0. The first kappa shape index (κ1) is 26.3. The van der Waals surface area contributed by atoms with Crippen LogP contribution in [0, 0.1) is 5.82 Å². The second kappa shape index (κ2) is 12.0. The predicted molar refractivity (Wildman–Crippen MR) is 153 cm³/mol. The summed E-state index contributed by atoms with van der Waals surface area (Å²) in [5.41, 5.74) is 2.71. The van der Waals surface area contributed by atoms with Gasteiger partial charge in [0, 0.05) is 54.3 Å². The number of thioether (sulfide) groups is 1. The van der Waals surface area contributed by atoms with E-state index in [1.807, 2.05) is 30.3 Å². The summed E-state index contributed by atoms with van der Waals surface area (Å²) >= 11 is 14.0. The van der Waals surface area contributed by atoms with Crippen LogP contribution in [0.15, 0.2) is 84.0 Å². The zero-order valence-corrected chi connectivity index (χ0v) is 22.6. The van der Waals surface area contributed by atoms with Gasteiger partial charge in [0.25, 0.3) is 5.91 Å². The molecule has 1 N–H and O–H groups in total. The highest BCUT2D eigenvalue weighted by molar-refractivity contribution is 7.98. The third-order valence-corrected chi connectivity index (χ3v) is 7.49. The molecule has 6 nitrogen and oxygen atoms in total. The van der Waals surface area contributed by atoms with E-state index < -0.39 is 5.82 Å². The van der Waals surface area contributed by atoms with Crippen molar-refractivity contribution in [2.45, 2.75) is 10.9 Å². The number of amides is 1. The Balaban J connectivity index is 1.18. The Morgan fingerprint density at radius 2 is 1.63 bits per heavy atom. The Hall–Kier alpha value is -3.33. The fraction of sp³-hybridized carbons (Fsp3) is 0.179. The monoisotopic (exact) mass is 567 g/mol. The lowest BCUT2D eigenvalue weighted by Gasteiger charge is -2.36. The highest BCUT2D eigenvalue weighted by Crippen LogP contribution is 2.27. The summed E-state index contributed by atoms with van der Waals surface area (Å²) in [6, 6.07) is 22.9. The number of hydrogen-bond donors (Lipinski definition) is 1. The number of hydrogen-bond acceptors (Lipinski definition) is 6. The lowest BCUT2D eigenvalue weighted by molar-refractivity contribution is 0.102. The minimum Gasteiger partial charge on any atom is -0.368 e. The molecule has 194 valence electrons. The van der Waals surface area contributed by atoms with Gasteiger partial charge in [0.15, 0.2) is 5.16 Å². The highest BCUT2D eigenvalue weighted by atomic mass is 35.5. The summed E-state index contributed by atoms with van der Waals surface area (Å²) < 4.78 is 13.8. The second-order valence-electron chi connectivity index (χ2n) is 8.70. The van der Waals surface area contributed by atoms with Crippen LogP contribution < -0.4 is 15.1 Å². The Morgan fingerprint density at radius 1 is 0.895 bits per heavy atom. The van der Waals surface area contributed by atoms with Crippen LogP contribution in [0.4, 0.5) is 21.6 Å². The molecule has 5 rings (SSSR count). The van der Waals surface area contributed by atoms with E-state index in [0.717, 1.165) is 48.3 Å². The van der Waals surface area contributed by atoms with E-state index in [2.05, 4.69) is 26.2 Å². The highest BCUT2D eigenvalue weighted by Gasteiger charge is 2.20. The number of carbonyl (C=O) groups excluding carboxylic acids is 1. The Kier molecular flexibility index (Phi) is 8.32. The number of aromatic nitrogens is 2. The van der Waals surface area contributed by atoms with Crippen LogP contribution in [0.5, 0.6) is 0 Å². The zero-order chi connectivity index (χ0) is 26.5. The number of rotatable bonds is 7. The Morgan fingerprint density at radius 3 is 2.37 bits per heavy atom. The summed E-state index contributed by atoms with van der Waals surface area (Å²) in [5.74, 6) is 0.570. The quantitative estimate of drug-likeness (QED) is 0.151. The standard InChI is InChI=1S/C28H24Cl2FN5OS/c29-21-4-3-5-22(16-21)35-12-14-36(15-13-35)26-17-25(30)33-28(34-26)38-18-19-8-10-20(11-9-19)27(37)32-24-7-2-1-6-23(24)31/h1-11,16-17H,12-15,18H2,(H,32,37). The van der Waals surface area contributed by atoms with E-state index >= 15 is 0 Å². The SMILES string of the molecule is O=C(Nc1ccccc1F)c1ccc(CSc2nc(Cl)cc(N3CCN(c4cccc(Cl)c4)CC3)n2)cc1. The van der Waals surface area contributed by atoms with E-state index in [0.29, 0.717) is 21.6 Å². The molecule has 1 fully saturated rings. The number of anilines is 3. The molecule has 0 radical (unpaired) electrons. The smallest absolute Gasteiger partial charge is 0.255 e. The first-order valence-corrected chi connectivity index (χ1v) is 13.8. The van der Waals surface area contributed by atoms with Crippen LogP contribution in [0.2, 0.25) is 10.2 Å². The van der Waals surface area contributed by atoms with Crippen molar-refractivity contribution >= 4 is 58.1 Å². The van der Waals surface area contributed by atoms with Crippen molar-refractivity contribution in [1.29, 1.82) is 0 Å². The molecule has 1 aliphatic rings. The zero-order valence-electron chi connectivity index (χ0n) is 20.3. The average molecular weight is 569 g/mol. The minimum absolute atomic E-state index is 0.150. The fourth-order valence-corrected chi connectivity index (χ4v) is 5.36. The van der Waals surface area contributed by atoms with Crippen LogP contribution in [0.25, 0.3) is 0 Å². The van der Waals surface area contributed by atoms with Crippen LogP contribution in [-0.4, -0.2) is 42.1 Å². The summed E-state index contributed by atoms with van der Waals surface area (Å²) in [7, 11) is 0. The van der Waals surface area contributed by atoms with Crippen LogP contribution in [-0.2, 0) is 5.75 Å². The maximum absolute atomic E-state index is 13.8. The van der Waals surface area contributed by atoms with Crippen molar-refractivity contribution in [1.82, 2.24) is 9.97 Å². The largest absolute Gasteiger partial charge is 0.368 e. The molecule has 10 heteroatoms. The molecular weight excluding hydrogens is 544 g/mol. The van der Waals surface area contributed by atoms with Crippen LogP contribution >= 0.6 is 35.0 Å². The molecule has 1 aromatic heterocycles. The van der Waals surface area contributed by atoms with Crippen molar-refractivity contribution in [2.75, 3.05) is 41.3 Å². The summed E-state index contributed by atoms with van der Waals surface area (Å²) in [4.78, 5) is 26.1. The van der Waals surface area contributed by atoms with Gasteiger partial charge in [0.05, 0.1) is 5.69 Å². The first-order valence-electron chi connectivity index (χ1n) is 12.0. The van der Waals surface area contributed by atoms with E-state index in [1.165, 1.54) is 23.9 Å². The maximum Gasteiger partial charge on any atom is 0.255 e. The lowest BCUT2D eigenvalue weighted by Crippen LogP contribution is -2.46. The van der Waals surface area contributed by atoms with Gasteiger partial charge in [-0.1, -0.05) is 65.3 Å². The fourth-order valence-electron chi connectivity index (χ4n) is 4.14. The molecule has 1 aliphatic heterocycles. The summed E-state index contributed by atoms with van der Waals surface area (Å²) in [6.45, 7) is 3.31. The third-order valence-electron chi connectivity index (χ3n) is 6.14. The first-order chi connectivity index (χ1) is 18.4. The topological polar surface area (TPSA) is 61.4 Å². The number of piperazine rings is 1. The second-order valence-corrected chi connectivity index (χ2v) is 10.5. The van der Waals surface area contributed by atoms with E-state index in [4.69, 9.17) is 28.2 Å². The number of nitrogens with one attached hydrogen (secondary N) is 1. The van der Waals surface area contributed by atoms with Gasteiger partial charge < -0.3 is 15.1 Å². The molecule has 0 unspecified atom stereocenters. The molecule has 2 heterocycles. The van der Waals surface area contributed by atoms with Gasteiger partial charge in [0.2, 0.25) is 0 Å². The Bertz CT molecular complexity index is 1430. The number of carbonyl (C=O) groups is 1. The van der Waals surface area contributed by atoms with Crippen LogP contribution in [0.3, 0.4) is 0 Å². The van der Waals surface area contributed by atoms with E-state index in [9.17, 15) is 9.18 Å². The van der Waals surface area contributed by atoms with Gasteiger partial charge in [-0.25, -0.2) is 14.4 Å². The van der Waals surface area contributed by atoms with Gasteiger partial charge in [-0.15, -0.1) is 0 Å². The average Bonchev–Trinajstić information content (AvgIpc) is 2.93. The third kappa shape index (κ3) is 6.56. The van der Waals surface area contributed by atoms with E-state index in [-0.39, 0.29) is 11.6 Å². The van der Waals surface area contributed by atoms with Crippen molar-refractivity contribution in [3.63, 3.8) is 0 Å². The molecule has 1 saturated heterocycles. The number of benzene rings is 3. The number of para-hydroxylation sites is 1. The summed E-state index contributed by atoms with van der Waals surface area (Å²) in [5, 5.41) is 4.31. The molecule has 1 amide bonds. The normalized spacial score (nSPS) is 13.4. The molecule has 0 atom stereocenters. The van der Waals surface area contributed by atoms with Crippen molar-refractivity contribution < 1.29 is 9.18 Å². The van der Waals surface area contributed by atoms with Crippen molar-refractivity contribution in [2.24, 2.45) is 0 Å². The number of halogens is 3. The molecular formula is C28H24Cl2FN5OS.